The number of hydrogen-bond acceptors (Lipinski definition) is 4. The fourth-order valence-corrected chi connectivity index (χ4v) is 0.112. The Balaban J connectivity index is 0. The van der Waals surface area contributed by atoms with Crippen LogP contribution in [0, 0.1) is 16.2 Å². The van der Waals surface area contributed by atoms with E-state index in [4.69, 9.17) is 5.26 Å². The average Bonchev–Trinajstić information content (AvgIpc) is 1.63. The zero-order valence-electron chi connectivity index (χ0n) is 6.71. The first kappa shape index (κ1) is 11.7. The van der Waals surface area contributed by atoms with Gasteiger partial charge in [-0.25, -0.2) is 0 Å². The van der Waals surface area contributed by atoms with Gasteiger partial charge in [0.15, 0.2) is 5.34 Å². The third-order valence-corrected chi connectivity index (χ3v) is 0.311. The summed E-state index contributed by atoms with van der Waals surface area (Å²) >= 11 is 0. The van der Waals surface area contributed by atoms with Crippen LogP contribution in [-0.4, -0.2) is 5.60 Å². The summed E-state index contributed by atoms with van der Waals surface area (Å²) in [5.74, 6) is 0. The Morgan fingerprint density at radius 2 is 1.80 bits per heavy atom. The fourth-order valence-electron chi connectivity index (χ4n) is 0.112. The van der Waals surface area contributed by atoms with Crippen molar-refractivity contribution in [1.29, 1.82) is 5.26 Å². The molecule has 0 saturated carbocycles. The molecule has 0 atom stereocenters. The van der Waals surface area contributed by atoms with Gasteiger partial charge in [-0.1, -0.05) is 0 Å². The second-order valence-corrected chi connectivity index (χ2v) is 2.50. The van der Waals surface area contributed by atoms with Crippen LogP contribution in [0.5, 0.6) is 0 Å². The van der Waals surface area contributed by atoms with E-state index in [1.54, 1.807) is 26.8 Å². The van der Waals surface area contributed by atoms with Gasteiger partial charge in [0.1, 0.15) is 5.60 Å². The zero-order valence-corrected chi connectivity index (χ0v) is 6.71. The third-order valence-electron chi connectivity index (χ3n) is 0.311. The maximum absolute atomic E-state index is 9.35. The molecule has 0 bridgehead atoms. The Hall–Kier alpha value is -1.11. The van der Waals surface area contributed by atoms with Gasteiger partial charge >= 0.3 is 0 Å². The molecule has 0 aromatic rings. The molecular formula is C6H12N2O2. The fraction of sp³-hybridized carbons (Fsp3) is 0.833. The molecule has 0 aromatic heterocycles. The second-order valence-electron chi connectivity index (χ2n) is 2.50. The first-order valence-electron chi connectivity index (χ1n) is 2.79. The SMILES string of the molecule is CC#N.CC(C)(C)ON=O. The van der Waals surface area contributed by atoms with Crippen LogP contribution in [0.3, 0.4) is 0 Å². The van der Waals surface area contributed by atoms with E-state index in [9.17, 15) is 4.91 Å². The minimum atomic E-state index is -0.429. The first-order valence-corrected chi connectivity index (χ1v) is 2.79. The molecule has 0 saturated heterocycles. The van der Waals surface area contributed by atoms with Gasteiger partial charge in [-0.05, 0) is 20.8 Å². The standard InChI is InChI=1S/C4H9NO2.C2H3N/c1-4(2,3)7-5-6;1-2-3/h1-3H3;1H3. The van der Waals surface area contributed by atoms with Crippen LogP contribution in [-0.2, 0) is 4.84 Å². The maximum Gasteiger partial charge on any atom is 0.155 e. The molecule has 0 aliphatic carbocycles. The number of rotatable bonds is 1. The molecule has 0 N–H and O–H groups in total. The van der Waals surface area contributed by atoms with E-state index in [0.717, 1.165) is 0 Å². The van der Waals surface area contributed by atoms with Crippen molar-refractivity contribution in [3.8, 4) is 6.07 Å². The van der Waals surface area contributed by atoms with E-state index in [1.165, 1.54) is 6.92 Å². The molecule has 0 unspecified atom stereocenters. The monoisotopic (exact) mass is 144 g/mol. The lowest BCUT2D eigenvalue weighted by molar-refractivity contribution is -0.00229. The largest absolute Gasteiger partial charge is 0.358 e. The molecule has 4 heteroatoms. The highest BCUT2D eigenvalue weighted by Crippen LogP contribution is 2.05. The van der Waals surface area contributed by atoms with E-state index in [-0.39, 0.29) is 0 Å². The summed E-state index contributed by atoms with van der Waals surface area (Å²) in [5, 5.41) is 9.58. The van der Waals surface area contributed by atoms with Gasteiger partial charge in [0.2, 0.25) is 0 Å². The predicted octanol–water partition coefficient (Wildman–Crippen LogP) is 2.01. The number of nitriles is 1. The topological polar surface area (TPSA) is 62.4 Å². The summed E-state index contributed by atoms with van der Waals surface area (Å²) in [6, 6.07) is 1.75. The second kappa shape index (κ2) is 6.02. The average molecular weight is 144 g/mol. The Labute approximate surface area is 60.7 Å². The van der Waals surface area contributed by atoms with Gasteiger partial charge in [0.05, 0.1) is 6.07 Å². The highest BCUT2D eigenvalue weighted by atomic mass is 16.7. The summed E-state index contributed by atoms with van der Waals surface area (Å²) in [7, 11) is 0. The molecule has 0 aromatic carbocycles. The smallest absolute Gasteiger partial charge is 0.155 e. The quantitative estimate of drug-likeness (QED) is 0.417. The molecule has 0 spiro atoms. The van der Waals surface area contributed by atoms with Crippen molar-refractivity contribution < 1.29 is 4.84 Å². The van der Waals surface area contributed by atoms with Crippen LogP contribution in [0.4, 0.5) is 0 Å². The third kappa shape index (κ3) is 28.6. The van der Waals surface area contributed by atoms with Crippen LogP contribution >= 0.6 is 0 Å². The predicted molar refractivity (Wildman–Crippen MR) is 37.9 cm³/mol. The molecule has 0 heterocycles. The van der Waals surface area contributed by atoms with Crippen molar-refractivity contribution in [1.82, 2.24) is 0 Å². The van der Waals surface area contributed by atoms with Gasteiger partial charge in [-0.15, -0.1) is 4.91 Å². The lowest BCUT2D eigenvalue weighted by atomic mass is 10.2. The normalized spacial score (nSPS) is 8.30. The summed E-state index contributed by atoms with van der Waals surface area (Å²) in [6.07, 6.45) is 0. The van der Waals surface area contributed by atoms with E-state index in [0.29, 0.717) is 0 Å². The van der Waals surface area contributed by atoms with Crippen LogP contribution in [0.15, 0.2) is 5.34 Å². The number of hydrogen-bond donors (Lipinski definition) is 0. The van der Waals surface area contributed by atoms with Crippen molar-refractivity contribution in [2.45, 2.75) is 33.3 Å². The zero-order chi connectivity index (χ0) is 8.62. The minimum Gasteiger partial charge on any atom is -0.358 e. The summed E-state index contributed by atoms with van der Waals surface area (Å²) in [5.41, 5.74) is -0.429. The molecule has 0 rings (SSSR count). The van der Waals surface area contributed by atoms with Crippen molar-refractivity contribution in [3.63, 3.8) is 0 Å². The van der Waals surface area contributed by atoms with Gasteiger partial charge in [-0.2, -0.15) is 5.26 Å². The Morgan fingerprint density at radius 3 is 1.80 bits per heavy atom. The highest BCUT2D eigenvalue weighted by Gasteiger charge is 2.09. The van der Waals surface area contributed by atoms with Gasteiger partial charge in [0, 0.05) is 6.92 Å². The van der Waals surface area contributed by atoms with Gasteiger partial charge in [0.25, 0.3) is 0 Å². The molecule has 0 aliphatic heterocycles. The molecule has 0 aliphatic rings. The first-order chi connectivity index (χ1) is 4.47. The van der Waals surface area contributed by atoms with Crippen molar-refractivity contribution in [2.75, 3.05) is 0 Å². The molecule has 58 valence electrons. The molecule has 0 radical (unpaired) electrons. The van der Waals surface area contributed by atoms with E-state index in [1.807, 2.05) is 0 Å². The van der Waals surface area contributed by atoms with Crippen LogP contribution in [0.1, 0.15) is 27.7 Å². The van der Waals surface area contributed by atoms with Crippen LogP contribution in [0.25, 0.3) is 0 Å². The van der Waals surface area contributed by atoms with E-state index < -0.39 is 5.60 Å². The number of nitrogens with zero attached hydrogens (tertiary/aromatic N) is 2. The van der Waals surface area contributed by atoms with E-state index in [2.05, 4.69) is 10.2 Å². The summed E-state index contributed by atoms with van der Waals surface area (Å²) in [6.45, 7) is 6.71. The van der Waals surface area contributed by atoms with Gasteiger partial charge in [-0.3, -0.25) is 0 Å². The molecule has 10 heavy (non-hydrogen) atoms. The van der Waals surface area contributed by atoms with Crippen molar-refractivity contribution in [3.05, 3.63) is 4.91 Å². The van der Waals surface area contributed by atoms with Crippen LogP contribution in [0.2, 0.25) is 0 Å². The summed E-state index contributed by atoms with van der Waals surface area (Å²) in [4.78, 5) is 13.6. The minimum absolute atomic E-state index is 0.429. The van der Waals surface area contributed by atoms with Crippen molar-refractivity contribution >= 4 is 0 Å². The van der Waals surface area contributed by atoms with Crippen molar-refractivity contribution in [2.24, 2.45) is 5.34 Å². The maximum atomic E-state index is 9.35. The van der Waals surface area contributed by atoms with Gasteiger partial charge < -0.3 is 4.84 Å². The molecule has 4 nitrogen and oxygen atoms in total. The molecule has 0 amide bonds. The molecular weight excluding hydrogens is 132 g/mol. The Kier molecular flexibility index (Phi) is 7.01. The lowest BCUT2D eigenvalue weighted by Gasteiger charge is -2.11. The summed E-state index contributed by atoms with van der Waals surface area (Å²) < 4.78 is 0. The van der Waals surface area contributed by atoms with Crippen LogP contribution < -0.4 is 0 Å². The highest BCUT2D eigenvalue weighted by molar-refractivity contribution is 4.55. The lowest BCUT2D eigenvalue weighted by Crippen LogP contribution is -2.14. The van der Waals surface area contributed by atoms with E-state index >= 15 is 0 Å². The molecule has 0 fully saturated rings. The Morgan fingerprint density at radius 1 is 1.50 bits per heavy atom. The Bertz CT molecular complexity index is 121.